The summed E-state index contributed by atoms with van der Waals surface area (Å²) in [6, 6.07) is 12.4. The van der Waals surface area contributed by atoms with Crippen molar-refractivity contribution in [1.82, 2.24) is 5.32 Å². The Balaban J connectivity index is 2.20. The zero-order valence-electron chi connectivity index (χ0n) is 10.7. The zero-order valence-corrected chi connectivity index (χ0v) is 13.8. The summed E-state index contributed by atoms with van der Waals surface area (Å²) in [5.41, 5.74) is 1.30. The molecular formula is C15H12BrCl2NO. The second-order valence-electron chi connectivity index (χ2n) is 4.34. The van der Waals surface area contributed by atoms with E-state index in [1.54, 1.807) is 24.3 Å². The third-order valence-electron chi connectivity index (χ3n) is 2.89. The first kappa shape index (κ1) is 15.4. The maximum absolute atomic E-state index is 12.3. The fraction of sp³-hybridized carbons (Fsp3) is 0.133. The van der Waals surface area contributed by atoms with Crippen LogP contribution in [0, 0.1) is 0 Å². The molecular weight excluding hydrogens is 361 g/mol. The van der Waals surface area contributed by atoms with Gasteiger partial charge in [0, 0.05) is 9.50 Å². The van der Waals surface area contributed by atoms with Crippen molar-refractivity contribution in [3.8, 4) is 0 Å². The van der Waals surface area contributed by atoms with Gasteiger partial charge in [0.15, 0.2) is 0 Å². The molecule has 0 fully saturated rings. The maximum Gasteiger partial charge on any atom is 0.253 e. The van der Waals surface area contributed by atoms with E-state index in [4.69, 9.17) is 23.2 Å². The highest BCUT2D eigenvalue weighted by molar-refractivity contribution is 9.10. The third-order valence-corrected chi connectivity index (χ3v) is 4.06. The van der Waals surface area contributed by atoms with Gasteiger partial charge in [-0.1, -0.05) is 57.3 Å². The summed E-state index contributed by atoms with van der Waals surface area (Å²) in [4.78, 5) is 12.3. The Bertz CT molecular complexity index is 646. The predicted molar refractivity (Wildman–Crippen MR) is 86.5 cm³/mol. The molecule has 5 heteroatoms. The summed E-state index contributed by atoms with van der Waals surface area (Å²) >= 11 is 15.5. The SMILES string of the molecule is CC(NC(=O)c1cc(Br)ccc1Cl)c1ccccc1Cl. The van der Waals surface area contributed by atoms with E-state index in [0.29, 0.717) is 15.6 Å². The lowest BCUT2D eigenvalue weighted by molar-refractivity contribution is 0.0940. The highest BCUT2D eigenvalue weighted by Crippen LogP contribution is 2.24. The first-order valence-electron chi connectivity index (χ1n) is 5.99. The van der Waals surface area contributed by atoms with E-state index >= 15 is 0 Å². The van der Waals surface area contributed by atoms with Crippen LogP contribution >= 0.6 is 39.1 Å². The summed E-state index contributed by atoms with van der Waals surface area (Å²) in [6.07, 6.45) is 0. The van der Waals surface area contributed by atoms with Gasteiger partial charge in [0.25, 0.3) is 5.91 Å². The number of benzene rings is 2. The Morgan fingerprint density at radius 1 is 1.15 bits per heavy atom. The summed E-state index contributed by atoms with van der Waals surface area (Å²) in [5, 5.41) is 3.93. The Kier molecular flexibility index (Phi) is 5.08. The lowest BCUT2D eigenvalue weighted by atomic mass is 10.1. The van der Waals surface area contributed by atoms with Crippen LogP contribution in [0.3, 0.4) is 0 Å². The van der Waals surface area contributed by atoms with E-state index in [1.807, 2.05) is 25.1 Å². The Morgan fingerprint density at radius 3 is 2.55 bits per heavy atom. The minimum Gasteiger partial charge on any atom is -0.345 e. The van der Waals surface area contributed by atoms with E-state index in [2.05, 4.69) is 21.2 Å². The van der Waals surface area contributed by atoms with Gasteiger partial charge in [0.2, 0.25) is 0 Å². The van der Waals surface area contributed by atoms with Crippen LogP contribution < -0.4 is 5.32 Å². The summed E-state index contributed by atoms with van der Waals surface area (Å²) in [5.74, 6) is -0.233. The van der Waals surface area contributed by atoms with Crippen LogP contribution in [0.15, 0.2) is 46.9 Å². The van der Waals surface area contributed by atoms with Crippen molar-refractivity contribution in [3.63, 3.8) is 0 Å². The molecule has 0 aliphatic carbocycles. The first-order chi connectivity index (χ1) is 9.49. The van der Waals surface area contributed by atoms with Crippen LogP contribution in [0.25, 0.3) is 0 Å². The van der Waals surface area contributed by atoms with Gasteiger partial charge in [0.1, 0.15) is 0 Å². The molecule has 20 heavy (non-hydrogen) atoms. The summed E-state index contributed by atoms with van der Waals surface area (Å²) in [7, 11) is 0. The number of rotatable bonds is 3. The normalized spacial score (nSPS) is 12.0. The van der Waals surface area contributed by atoms with Crippen LogP contribution in [-0.2, 0) is 0 Å². The van der Waals surface area contributed by atoms with E-state index in [9.17, 15) is 4.79 Å². The number of halogens is 3. The number of carbonyl (C=O) groups excluding carboxylic acids is 1. The molecule has 0 aliphatic rings. The van der Waals surface area contributed by atoms with E-state index in [0.717, 1.165) is 10.0 Å². The molecule has 2 aromatic carbocycles. The highest BCUT2D eigenvalue weighted by atomic mass is 79.9. The van der Waals surface area contributed by atoms with Gasteiger partial charge < -0.3 is 5.32 Å². The Hall–Kier alpha value is -1.03. The molecule has 0 aromatic heterocycles. The minimum atomic E-state index is -0.233. The molecule has 0 heterocycles. The maximum atomic E-state index is 12.3. The van der Waals surface area contributed by atoms with Gasteiger partial charge in [-0.15, -0.1) is 0 Å². The van der Waals surface area contributed by atoms with Crippen molar-refractivity contribution < 1.29 is 4.79 Å². The van der Waals surface area contributed by atoms with Crippen LogP contribution in [0.4, 0.5) is 0 Å². The predicted octanol–water partition coefficient (Wildman–Crippen LogP) is 5.25. The van der Waals surface area contributed by atoms with Crippen LogP contribution in [0.5, 0.6) is 0 Å². The number of hydrogen-bond donors (Lipinski definition) is 1. The van der Waals surface area contributed by atoms with Gasteiger partial charge >= 0.3 is 0 Å². The third kappa shape index (κ3) is 3.54. The summed E-state index contributed by atoms with van der Waals surface area (Å²) < 4.78 is 0.803. The molecule has 1 atom stereocenters. The van der Waals surface area contributed by atoms with Crippen molar-refractivity contribution in [3.05, 3.63) is 68.1 Å². The smallest absolute Gasteiger partial charge is 0.253 e. The molecule has 2 rings (SSSR count). The van der Waals surface area contributed by atoms with Crippen LogP contribution in [-0.4, -0.2) is 5.91 Å². The molecule has 0 spiro atoms. The van der Waals surface area contributed by atoms with Gasteiger partial charge in [0.05, 0.1) is 16.6 Å². The van der Waals surface area contributed by atoms with Gasteiger partial charge in [-0.25, -0.2) is 0 Å². The molecule has 0 aliphatic heterocycles. The molecule has 0 bridgehead atoms. The average molecular weight is 373 g/mol. The second kappa shape index (κ2) is 6.61. The zero-order chi connectivity index (χ0) is 14.7. The van der Waals surface area contributed by atoms with Crippen molar-refractivity contribution in [2.24, 2.45) is 0 Å². The first-order valence-corrected chi connectivity index (χ1v) is 7.54. The number of nitrogens with one attached hydrogen (secondary N) is 1. The van der Waals surface area contributed by atoms with Crippen molar-refractivity contribution in [1.29, 1.82) is 0 Å². The van der Waals surface area contributed by atoms with Crippen molar-refractivity contribution >= 4 is 45.0 Å². The molecule has 2 aromatic rings. The molecule has 2 nitrogen and oxygen atoms in total. The molecule has 104 valence electrons. The fourth-order valence-corrected chi connectivity index (χ4v) is 2.71. The Morgan fingerprint density at radius 2 is 1.85 bits per heavy atom. The summed E-state index contributed by atoms with van der Waals surface area (Å²) in [6.45, 7) is 1.88. The van der Waals surface area contributed by atoms with E-state index < -0.39 is 0 Å². The molecule has 0 saturated carbocycles. The Labute approximate surface area is 136 Å². The standard InChI is InChI=1S/C15H12BrCl2NO/c1-9(11-4-2-3-5-13(11)17)19-15(20)12-8-10(16)6-7-14(12)18/h2-9H,1H3,(H,19,20). The lowest BCUT2D eigenvalue weighted by Crippen LogP contribution is -2.27. The van der Waals surface area contributed by atoms with Gasteiger partial charge in [-0.05, 0) is 36.8 Å². The fourth-order valence-electron chi connectivity index (χ4n) is 1.85. The molecule has 1 unspecified atom stereocenters. The van der Waals surface area contributed by atoms with Crippen LogP contribution in [0.2, 0.25) is 10.0 Å². The molecule has 1 N–H and O–H groups in total. The highest BCUT2D eigenvalue weighted by Gasteiger charge is 2.16. The molecule has 1 amide bonds. The lowest BCUT2D eigenvalue weighted by Gasteiger charge is -2.16. The van der Waals surface area contributed by atoms with Crippen molar-refractivity contribution in [2.75, 3.05) is 0 Å². The number of carbonyl (C=O) groups is 1. The monoisotopic (exact) mass is 371 g/mol. The van der Waals surface area contributed by atoms with E-state index in [-0.39, 0.29) is 11.9 Å². The molecule has 0 saturated heterocycles. The van der Waals surface area contributed by atoms with Gasteiger partial charge in [-0.2, -0.15) is 0 Å². The van der Waals surface area contributed by atoms with Crippen molar-refractivity contribution in [2.45, 2.75) is 13.0 Å². The average Bonchev–Trinajstić information content (AvgIpc) is 2.41. The largest absolute Gasteiger partial charge is 0.345 e. The second-order valence-corrected chi connectivity index (χ2v) is 6.07. The number of hydrogen-bond acceptors (Lipinski definition) is 1. The van der Waals surface area contributed by atoms with Gasteiger partial charge in [-0.3, -0.25) is 4.79 Å². The van der Waals surface area contributed by atoms with Crippen LogP contribution in [0.1, 0.15) is 28.9 Å². The topological polar surface area (TPSA) is 29.1 Å². The quantitative estimate of drug-likeness (QED) is 0.783. The molecule has 0 radical (unpaired) electrons. The minimum absolute atomic E-state index is 0.203. The number of amides is 1. The van der Waals surface area contributed by atoms with E-state index in [1.165, 1.54) is 0 Å².